The van der Waals surface area contributed by atoms with E-state index in [-0.39, 0.29) is 18.8 Å². The van der Waals surface area contributed by atoms with E-state index in [0.717, 1.165) is 3.57 Å². The van der Waals surface area contributed by atoms with Gasteiger partial charge in [-0.1, -0.05) is 6.92 Å². The number of ketones is 1. The van der Waals surface area contributed by atoms with E-state index in [9.17, 15) is 14.4 Å². The first-order chi connectivity index (χ1) is 14.1. The summed E-state index contributed by atoms with van der Waals surface area (Å²) in [7, 11) is 0. The fourth-order valence-corrected chi connectivity index (χ4v) is 4.41. The van der Waals surface area contributed by atoms with E-state index < -0.39 is 38.7 Å². The van der Waals surface area contributed by atoms with Crippen LogP contribution < -0.4 is 30.7 Å². The van der Waals surface area contributed by atoms with Crippen LogP contribution in [0.4, 0.5) is 0 Å². The van der Waals surface area contributed by atoms with Crippen molar-refractivity contribution >= 4 is 17.7 Å². The largest absolute Gasteiger partial charge is 0.482 e. The molecule has 0 unspecified atom stereocenters. The molecule has 30 heavy (non-hydrogen) atoms. The Morgan fingerprint density at radius 2 is 1.37 bits per heavy atom. The van der Waals surface area contributed by atoms with Gasteiger partial charge in [-0.2, -0.15) is 0 Å². The summed E-state index contributed by atoms with van der Waals surface area (Å²) in [6.45, 7) is 7.03. The van der Waals surface area contributed by atoms with Crippen LogP contribution in [-0.4, -0.2) is 29.9 Å². The van der Waals surface area contributed by atoms with Gasteiger partial charge in [-0.15, -0.1) is 0 Å². The first kappa shape index (κ1) is 23.9. The van der Waals surface area contributed by atoms with Gasteiger partial charge in [-0.05, 0) is 69.3 Å². The summed E-state index contributed by atoms with van der Waals surface area (Å²) in [5.41, 5.74) is -0.532. The molecule has 0 amide bonds. The lowest BCUT2D eigenvalue weighted by molar-refractivity contribution is -0.597. The summed E-state index contributed by atoms with van der Waals surface area (Å²) >= 11 is -0.418. The third kappa shape index (κ3) is 8.94. The number of hydrogen-bond donors (Lipinski definition) is 0. The predicted octanol–water partition coefficient (Wildman–Crippen LogP) is 0.810. The highest BCUT2D eigenvalue weighted by molar-refractivity contribution is 5.96. The van der Waals surface area contributed by atoms with Crippen LogP contribution in [0.5, 0.6) is 11.5 Å². The first-order valence-corrected chi connectivity index (χ1v) is 11.7. The quantitative estimate of drug-likeness (QED) is 0.209. The van der Waals surface area contributed by atoms with Gasteiger partial charge < -0.3 is 14.2 Å². The number of rotatable bonds is 9. The van der Waals surface area contributed by atoms with E-state index in [0.29, 0.717) is 17.9 Å². The van der Waals surface area contributed by atoms with Gasteiger partial charge in [0.05, 0.1) is 0 Å². The second-order valence-electron chi connectivity index (χ2n) is 7.42. The zero-order valence-electron chi connectivity index (χ0n) is 17.6. The van der Waals surface area contributed by atoms with E-state index in [2.05, 4.69) is 0 Å². The third-order valence-electron chi connectivity index (χ3n) is 3.59. The highest BCUT2D eigenvalue weighted by Crippen LogP contribution is 2.12. The van der Waals surface area contributed by atoms with E-state index in [1.165, 1.54) is 3.57 Å². The molecule has 0 N–H and O–H groups in total. The maximum atomic E-state index is 11.7. The molecule has 0 atom stereocenters. The Bertz CT molecular complexity index is 866. The fourth-order valence-electron chi connectivity index (χ4n) is 2.25. The van der Waals surface area contributed by atoms with Gasteiger partial charge in [0.15, 0.2) is 13.7 Å². The van der Waals surface area contributed by atoms with E-state index >= 15 is 0 Å². The minimum atomic E-state index is -0.536. The Balaban J connectivity index is 1.84. The van der Waals surface area contributed by atoms with Crippen LogP contribution in [0.2, 0.25) is 0 Å². The monoisotopic (exact) mass is 525 g/mol. The van der Waals surface area contributed by atoms with Gasteiger partial charge in [-0.3, -0.25) is 9.59 Å². The van der Waals surface area contributed by atoms with Crippen LogP contribution in [0, 0.1) is 7.14 Å². The molecule has 160 valence electrons. The molecule has 0 saturated carbocycles. The van der Waals surface area contributed by atoms with Gasteiger partial charge >= 0.3 is 33.1 Å². The Labute approximate surface area is 187 Å². The molecule has 0 spiro atoms. The molecule has 0 aliphatic carbocycles. The van der Waals surface area contributed by atoms with Crippen molar-refractivity contribution in [2.75, 3.05) is 6.61 Å². The Morgan fingerprint density at radius 1 is 0.833 bits per heavy atom. The number of ether oxygens (including phenoxy) is 3. The second kappa shape index (κ2) is 11.1. The number of hydrogen-bond acceptors (Lipinski definition) is 6. The molecule has 0 radical (unpaired) electrons. The van der Waals surface area contributed by atoms with Crippen LogP contribution in [-0.2, 0) is 19.1 Å². The normalized spacial score (nSPS) is 10.9. The Hall–Kier alpha value is -2.42. The van der Waals surface area contributed by atoms with Crippen molar-refractivity contribution < 1.29 is 49.8 Å². The zero-order chi connectivity index (χ0) is 22.1. The minimum absolute atomic E-state index is 0.129. The molecule has 0 aromatic heterocycles. The standard InChI is InChI=1S/C23H26IO6/c1-5-18(25)14-21(26)29-20-12-8-17(9-13-20)24-16-6-10-19(11-7-16)28-15-22(27)30-23(2,3)4/h6-13H,5,14-15H2,1-4H3/q+1. The lowest BCUT2D eigenvalue weighted by Gasteiger charge is -2.19. The highest BCUT2D eigenvalue weighted by Gasteiger charge is 2.18. The van der Waals surface area contributed by atoms with Crippen LogP contribution in [0.3, 0.4) is 0 Å². The van der Waals surface area contributed by atoms with E-state index in [1.54, 1.807) is 19.1 Å². The topological polar surface area (TPSA) is 78.9 Å². The van der Waals surface area contributed by atoms with Gasteiger partial charge in [0, 0.05) is 6.42 Å². The molecular formula is C23H26IO6+. The van der Waals surface area contributed by atoms with Crippen molar-refractivity contribution in [3.05, 3.63) is 55.7 Å². The van der Waals surface area contributed by atoms with Crippen LogP contribution in [0.15, 0.2) is 48.5 Å². The molecule has 6 nitrogen and oxygen atoms in total. The SMILES string of the molecule is CCC(=O)CC(=O)Oc1ccc([I+]c2ccc(OCC(=O)OC(C)(C)C)cc2)cc1. The highest BCUT2D eigenvalue weighted by atomic mass is 127. The average Bonchev–Trinajstić information content (AvgIpc) is 2.67. The fraction of sp³-hybridized carbons (Fsp3) is 0.348. The summed E-state index contributed by atoms with van der Waals surface area (Å²) < 4.78 is 18.2. The minimum Gasteiger partial charge on any atom is -0.482 e. The number of carbonyl (C=O) groups is 3. The number of carbonyl (C=O) groups excluding carboxylic acids is 3. The molecule has 0 aliphatic heterocycles. The van der Waals surface area contributed by atoms with Crippen molar-refractivity contribution in [2.24, 2.45) is 0 Å². The van der Waals surface area contributed by atoms with Crippen molar-refractivity contribution in [1.82, 2.24) is 0 Å². The first-order valence-electron chi connectivity index (χ1n) is 9.56. The van der Waals surface area contributed by atoms with E-state index in [4.69, 9.17) is 14.2 Å². The van der Waals surface area contributed by atoms with Crippen LogP contribution >= 0.6 is 0 Å². The van der Waals surface area contributed by atoms with E-state index in [1.807, 2.05) is 57.2 Å². The lowest BCUT2D eigenvalue weighted by Crippen LogP contribution is -3.61. The molecule has 0 bridgehead atoms. The number of halogens is 1. The summed E-state index contributed by atoms with van der Waals surface area (Å²) in [5.74, 6) is -0.0359. The summed E-state index contributed by atoms with van der Waals surface area (Å²) in [6, 6.07) is 14.9. The molecule has 0 fully saturated rings. The van der Waals surface area contributed by atoms with Gasteiger partial charge in [0.1, 0.15) is 29.3 Å². The molecule has 2 aromatic rings. The predicted molar refractivity (Wildman–Crippen MR) is 107 cm³/mol. The Morgan fingerprint density at radius 3 is 1.87 bits per heavy atom. The smallest absolute Gasteiger partial charge is 0.357 e. The van der Waals surface area contributed by atoms with Gasteiger partial charge in [-0.25, -0.2) is 4.79 Å². The number of esters is 2. The van der Waals surface area contributed by atoms with Crippen molar-refractivity contribution in [3.63, 3.8) is 0 Å². The zero-order valence-corrected chi connectivity index (χ0v) is 19.7. The van der Waals surface area contributed by atoms with Crippen molar-refractivity contribution in [1.29, 1.82) is 0 Å². The summed E-state index contributed by atoms with van der Waals surface area (Å²) in [5, 5.41) is 0. The molecule has 2 aromatic carbocycles. The van der Waals surface area contributed by atoms with Crippen molar-refractivity contribution in [3.8, 4) is 11.5 Å². The molecular weight excluding hydrogens is 499 g/mol. The average molecular weight is 525 g/mol. The van der Waals surface area contributed by atoms with Crippen LogP contribution in [0.1, 0.15) is 40.5 Å². The summed E-state index contributed by atoms with van der Waals surface area (Å²) in [6.07, 6.45) is 0.122. The maximum absolute atomic E-state index is 11.7. The molecule has 0 aliphatic rings. The van der Waals surface area contributed by atoms with Crippen LogP contribution in [0.25, 0.3) is 0 Å². The Kier molecular flexibility index (Phi) is 8.83. The second-order valence-corrected chi connectivity index (χ2v) is 10.5. The number of Topliss-reactive ketones (excluding diaryl/α,β-unsaturated/α-hetero) is 1. The van der Waals surface area contributed by atoms with Crippen molar-refractivity contribution in [2.45, 2.75) is 46.1 Å². The summed E-state index contributed by atoms with van der Waals surface area (Å²) in [4.78, 5) is 34.7. The molecule has 7 heteroatoms. The number of benzene rings is 2. The maximum Gasteiger partial charge on any atom is 0.357 e. The molecule has 2 rings (SSSR count). The molecule has 0 saturated heterocycles. The van der Waals surface area contributed by atoms with Gasteiger partial charge in [0.25, 0.3) is 0 Å². The third-order valence-corrected chi connectivity index (χ3v) is 6.27. The lowest BCUT2D eigenvalue weighted by atomic mass is 10.2. The van der Waals surface area contributed by atoms with Gasteiger partial charge in [0.2, 0.25) is 0 Å². The molecule has 0 heterocycles.